The number of carbonyl (C=O) groups excluding carboxylic acids is 1. The summed E-state index contributed by atoms with van der Waals surface area (Å²) in [5.74, 6) is -0.163. The minimum Gasteiger partial charge on any atom is -0.468 e. The average molecular weight is 227 g/mol. The molecule has 1 N–H and O–H groups in total. The van der Waals surface area contributed by atoms with Crippen molar-refractivity contribution >= 4 is 5.97 Å². The Bertz CT molecular complexity index is 238. The van der Waals surface area contributed by atoms with E-state index in [0.29, 0.717) is 11.5 Å². The Hall–Kier alpha value is -0.570. The van der Waals surface area contributed by atoms with E-state index in [1.165, 1.54) is 32.8 Å². The van der Waals surface area contributed by atoms with Gasteiger partial charge in [-0.2, -0.15) is 0 Å². The SMILES string of the molecule is COC(=O)C(C)NC1CCCC(C)(C)CC1. The molecule has 0 bridgehead atoms. The summed E-state index contributed by atoms with van der Waals surface area (Å²) >= 11 is 0. The number of carbonyl (C=O) groups is 1. The van der Waals surface area contributed by atoms with Gasteiger partial charge in [0.25, 0.3) is 0 Å². The van der Waals surface area contributed by atoms with E-state index in [4.69, 9.17) is 4.74 Å². The Morgan fingerprint density at radius 3 is 2.69 bits per heavy atom. The van der Waals surface area contributed by atoms with E-state index in [2.05, 4.69) is 19.2 Å². The van der Waals surface area contributed by atoms with Crippen LogP contribution in [0, 0.1) is 5.41 Å². The fourth-order valence-electron chi connectivity index (χ4n) is 2.43. The van der Waals surface area contributed by atoms with Crippen LogP contribution in [0.25, 0.3) is 0 Å². The lowest BCUT2D eigenvalue weighted by molar-refractivity contribution is -0.142. The molecular formula is C13H25NO2. The summed E-state index contributed by atoms with van der Waals surface area (Å²) in [6, 6.07) is 0.284. The minimum atomic E-state index is -0.184. The van der Waals surface area contributed by atoms with E-state index >= 15 is 0 Å². The van der Waals surface area contributed by atoms with Gasteiger partial charge in [-0.25, -0.2) is 0 Å². The van der Waals surface area contributed by atoms with Crippen LogP contribution in [-0.2, 0) is 9.53 Å². The smallest absolute Gasteiger partial charge is 0.322 e. The van der Waals surface area contributed by atoms with E-state index in [9.17, 15) is 4.79 Å². The van der Waals surface area contributed by atoms with Crippen LogP contribution < -0.4 is 5.32 Å². The van der Waals surface area contributed by atoms with E-state index in [1.807, 2.05) is 6.92 Å². The van der Waals surface area contributed by atoms with Crippen molar-refractivity contribution < 1.29 is 9.53 Å². The molecule has 1 aliphatic rings. The van der Waals surface area contributed by atoms with Gasteiger partial charge in [-0.15, -0.1) is 0 Å². The summed E-state index contributed by atoms with van der Waals surface area (Å²) in [6.07, 6.45) is 6.11. The summed E-state index contributed by atoms with van der Waals surface area (Å²) in [5, 5.41) is 3.37. The first-order chi connectivity index (χ1) is 7.44. The molecule has 1 saturated carbocycles. The van der Waals surface area contributed by atoms with Crippen molar-refractivity contribution in [3.05, 3.63) is 0 Å². The highest BCUT2D eigenvalue weighted by atomic mass is 16.5. The van der Waals surface area contributed by atoms with E-state index in [-0.39, 0.29) is 12.0 Å². The molecule has 0 spiro atoms. The Kier molecular flexibility index (Phi) is 4.78. The van der Waals surface area contributed by atoms with Gasteiger partial charge in [-0.3, -0.25) is 4.79 Å². The maximum absolute atomic E-state index is 11.3. The summed E-state index contributed by atoms with van der Waals surface area (Å²) in [7, 11) is 1.44. The van der Waals surface area contributed by atoms with Crippen LogP contribution in [0.4, 0.5) is 0 Å². The lowest BCUT2D eigenvalue weighted by atomic mass is 9.85. The lowest BCUT2D eigenvalue weighted by Gasteiger charge is -2.23. The zero-order valence-electron chi connectivity index (χ0n) is 11.0. The summed E-state index contributed by atoms with van der Waals surface area (Å²) < 4.78 is 4.72. The van der Waals surface area contributed by atoms with Crippen molar-refractivity contribution in [1.29, 1.82) is 0 Å². The second-order valence-electron chi connectivity index (χ2n) is 5.70. The van der Waals surface area contributed by atoms with Gasteiger partial charge in [0.05, 0.1) is 7.11 Å². The number of nitrogens with one attached hydrogen (secondary N) is 1. The van der Waals surface area contributed by atoms with Gasteiger partial charge < -0.3 is 10.1 Å². The van der Waals surface area contributed by atoms with Gasteiger partial charge in [0, 0.05) is 6.04 Å². The molecule has 0 amide bonds. The third kappa shape index (κ3) is 4.12. The lowest BCUT2D eigenvalue weighted by Crippen LogP contribution is -2.41. The second-order valence-corrected chi connectivity index (χ2v) is 5.70. The van der Waals surface area contributed by atoms with Crippen molar-refractivity contribution in [2.24, 2.45) is 5.41 Å². The molecule has 0 aliphatic heterocycles. The Labute approximate surface area is 98.9 Å². The number of methoxy groups -OCH3 is 1. The maximum atomic E-state index is 11.3. The zero-order valence-corrected chi connectivity index (χ0v) is 11.0. The predicted molar refractivity (Wildman–Crippen MR) is 65.3 cm³/mol. The van der Waals surface area contributed by atoms with Gasteiger partial charge >= 0.3 is 5.97 Å². The van der Waals surface area contributed by atoms with Crippen molar-refractivity contribution in [3.8, 4) is 0 Å². The highest BCUT2D eigenvalue weighted by Gasteiger charge is 2.26. The van der Waals surface area contributed by atoms with Gasteiger partial charge in [-0.05, 0) is 38.0 Å². The van der Waals surface area contributed by atoms with Crippen molar-refractivity contribution in [1.82, 2.24) is 5.32 Å². The molecule has 0 aromatic carbocycles. The fourth-order valence-corrected chi connectivity index (χ4v) is 2.43. The molecule has 0 aromatic rings. The highest BCUT2D eigenvalue weighted by molar-refractivity contribution is 5.75. The number of ether oxygens (including phenoxy) is 1. The molecule has 0 saturated heterocycles. The van der Waals surface area contributed by atoms with Crippen molar-refractivity contribution in [2.45, 2.75) is 65.0 Å². The Morgan fingerprint density at radius 2 is 2.06 bits per heavy atom. The van der Waals surface area contributed by atoms with Crippen LogP contribution in [0.5, 0.6) is 0 Å². The first-order valence-corrected chi connectivity index (χ1v) is 6.28. The van der Waals surface area contributed by atoms with Crippen molar-refractivity contribution in [3.63, 3.8) is 0 Å². The Balaban J connectivity index is 2.41. The number of rotatable bonds is 3. The average Bonchev–Trinajstić information content (AvgIpc) is 2.39. The van der Waals surface area contributed by atoms with Crippen LogP contribution in [-0.4, -0.2) is 25.2 Å². The van der Waals surface area contributed by atoms with Crippen LogP contribution in [0.3, 0.4) is 0 Å². The molecule has 0 heterocycles. The van der Waals surface area contributed by atoms with Gasteiger partial charge in [0.2, 0.25) is 0 Å². The number of esters is 1. The molecule has 1 aliphatic carbocycles. The van der Waals surface area contributed by atoms with Crippen LogP contribution in [0.2, 0.25) is 0 Å². The molecule has 0 radical (unpaired) electrons. The second kappa shape index (κ2) is 5.67. The molecule has 16 heavy (non-hydrogen) atoms. The standard InChI is InChI=1S/C13H25NO2/c1-10(12(15)16-4)14-11-6-5-8-13(2,3)9-7-11/h10-11,14H,5-9H2,1-4H3. The van der Waals surface area contributed by atoms with Crippen molar-refractivity contribution in [2.75, 3.05) is 7.11 Å². The normalized spacial score (nSPS) is 26.9. The Morgan fingerprint density at radius 1 is 1.38 bits per heavy atom. The third-order valence-electron chi connectivity index (χ3n) is 3.62. The van der Waals surface area contributed by atoms with E-state index in [0.717, 1.165) is 6.42 Å². The first kappa shape index (κ1) is 13.5. The predicted octanol–water partition coefficient (Wildman–Crippen LogP) is 2.50. The number of hydrogen-bond donors (Lipinski definition) is 1. The molecule has 0 aromatic heterocycles. The summed E-state index contributed by atoms with van der Waals surface area (Å²) in [6.45, 7) is 6.54. The molecule has 94 valence electrons. The van der Waals surface area contributed by atoms with Crippen LogP contribution in [0.1, 0.15) is 52.9 Å². The van der Waals surface area contributed by atoms with Gasteiger partial charge in [0.1, 0.15) is 6.04 Å². The monoisotopic (exact) mass is 227 g/mol. The largest absolute Gasteiger partial charge is 0.468 e. The molecule has 3 nitrogen and oxygen atoms in total. The fraction of sp³-hybridized carbons (Fsp3) is 0.923. The van der Waals surface area contributed by atoms with Crippen LogP contribution >= 0.6 is 0 Å². The summed E-state index contributed by atoms with van der Waals surface area (Å²) in [4.78, 5) is 11.3. The van der Waals surface area contributed by atoms with Crippen LogP contribution in [0.15, 0.2) is 0 Å². The molecule has 2 unspecified atom stereocenters. The van der Waals surface area contributed by atoms with E-state index < -0.39 is 0 Å². The highest BCUT2D eigenvalue weighted by Crippen LogP contribution is 2.33. The first-order valence-electron chi connectivity index (χ1n) is 6.28. The maximum Gasteiger partial charge on any atom is 0.322 e. The summed E-state index contributed by atoms with van der Waals surface area (Å²) in [5.41, 5.74) is 0.463. The van der Waals surface area contributed by atoms with Gasteiger partial charge in [-0.1, -0.05) is 20.3 Å². The molecular weight excluding hydrogens is 202 g/mol. The quantitative estimate of drug-likeness (QED) is 0.594. The zero-order chi connectivity index (χ0) is 12.2. The molecule has 1 rings (SSSR count). The number of hydrogen-bond acceptors (Lipinski definition) is 3. The third-order valence-corrected chi connectivity index (χ3v) is 3.62. The van der Waals surface area contributed by atoms with Gasteiger partial charge in [0.15, 0.2) is 0 Å². The molecule has 1 fully saturated rings. The molecule has 3 heteroatoms. The molecule has 2 atom stereocenters. The minimum absolute atomic E-state index is 0.163. The topological polar surface area (TPSA) is 38.3 Å². The van der Waals surface area contributed by atoms with E-state index in [1.54, 1.807) is 0 Å².